The van der Waals surface area contributed by atoms with E-state index in [1.165, 1.54) is 50.4 Å². The van der Waals surface area contributed by atoms with Crippen molar-refractivity contribution in [2.45, 2.75) is 45.2 Å². The Morgan fingerprint density at radius 1 is 1.25 bits per heavy atom. The van der Waals surface area contributed by atoms with Crippen LogP contribution >= 0.6 is 11.8 Å². The van der Waals surface area contributed by atoms with Crippen LogP contribution in [0.2, 0.25) is 0 Å². The van der Waals surface area contributed by atoms with E-state index < -0.39 is 0 Å². The number of hydrogen-bond donors (Lipinski definition) is 1. The number of hydrogen-bond acceptors (Lipinski definition) is 3. The lowest BCUT2D eigenvalue weighted by Gasteiger charge is -2.25. The van der Waals surface area contributed by atoms with E-state index in [4.69, 9.17) is 0 Å². The summed E-state index contributed by atoms with van der Waals surface area (Å²) in [6, 6.07) is 1.55. The summed E-state index contributed by atoms with van der Waals surface area (Å²) < 4.78 is 0. The summed E-state index contributed by atoms with van der Waals surface area (Å²) >= 11 is 2.11. The molecule has 0 aromatic rings. The van der Waals surface area contributed by atoms with Gasteiger partial charge >= 0.3 is 0 Å². The van der Waals surface area contributed by atoms with E-state index in [1.54, 1.807) is 0 Å². The molecule has 1 N–H and O–H groups in total. The third-order valence-electron chi connectivity index (χ3n) is 3.96. The molecule has 0 aromatic heterocycles. The van der Waals surface area contributed by atoms with Crippen molar-refractivity contribution >= 4 is 11.8 Å². The maximum Gasteiger partial charge on any atom is 0.00828 e. The van der Waals surface area contributed by atoms with Gasteiger partial charge in [0.1, 0.15) is 0 Å². The lowest BCUT2D eigenvalue weighted by atomic mass is 10.1. The second-order valence-corrected chi connectivity index (χ2v) is 6.76. The van der Waals surface area contributed by atoms with E-state index in [9.17, 15) is 0 Å². The zero-order valence-corrected chi connectivity index (χ0v) is 11.6. The summed E-state index contributed by atoms with van der Waals surface area (Å²) in [5.74, 6) is 3.62. The Morgan fingerprint density at radius 3 is 2.62 bits per heavy atom. The Bertz CT molecular complexity index is 202. The first kappa shape index (κ1) is 12.7. The maximum absolute atomic E-state index is 3.78. The normalized spacial score (nSPS) is 29.1. The molecular formula is C13H26N2S. The number of nitrogens with zero attached hydrogens (tertiary/aromatic N) is 1. The number of likely N-dealkylation sites (tertiary alicyclic amines) is 1. The Balaban J connectivity index is 1.63. The molecule has 94 valence electrons. The first-order chi connectivity index (χ1) is 7.75. The molecule has 2 saturated heterocycles. The molecule has 2 fully saturated rings. The average molecular weight is 242 g/mol. The van der Waals surface area contributed by atoms with E-state index in [1.807, 2.05) is 0 Å². The molecule has 2 heterocycles. The molecular weight excluding hydrogens is 216 g/mol. The molecule has 16 heavy (non-hydrogen) atoms. The monoisotopic (exact) mass is 242 g/mol. The van der Waals surface area contributed by atoms with Crippen molar-refractivity contribution in [1.29, 1.82) is 0 Å². The van der Waals surface area contributed by atoms with Crippen LogP contribution in [0.3, 0.4) is 0 Å². The standard InChI is InChI=1S/C13H26N2S/c1-11(2)15-6-3-12(10-15)9-14-13-4-7-16-8-5-13/h11-14H,3-10H2,1-2H3. The summed E-state index contributed by atoms with van der Waals surface area (Å²) in [5.41, 5.74) is 0. The van der Waals surface area contributed by atoms with E-state index in [0.29, 0.717) is 0 Å². The van der Waals surface area contributed by atoms with Crippen molar-refractivity contribution in [2.24, 2.45) is 5.92 Å². The summed E-state index contributed by atoms with van der Waals surface area (Å²) in [4.78, 5) is 2.61. The van der Waals surface area contributed by atoms with Gasteiger partial charge in [0.15, 0.2) is 0 Å². The average Bonchev–Trinajstić information content (AvgIpc) is 2.76. The minimum Gasteiger partial charge on any atom is -0.314 e. The van der Waals surface area contributed by atoms with Crippen LogP contribution in [-0.4, -0.2) is 48.1 Å². The topological polar surface area (TPSA) is 15.3 Å². The van der Waals surface area contributed by atoms with Gasteiger partial charge in [0.25, 0.3) is 0 Å². The van der Waals surface area contributed by atoms with Crippen LogP contribution in [0.5, 0.6) is 0 Å². The highest BCUT2D eigenvalue weighted by Gasteiger charge is 2.24. The smallest absolute Gasteiger partial charge is 0.00828 e. The van der Waals surface area contributed by atoms with Crippen molar-refractivity contribution in [2.75, 3.05) is 31.1 Å². The van der Waals surface area contributed by atoms with Crippen LogP contribution in [0.25, 0.3) is 0 Å². The van der Waals surface area contributed by atoms with Crippen LogP contribution < -0.4 is 5.32 Å². The molecule has 1 atom stereocenters. The van der Waals surface area contributed by atoms with Gasteiger partial charge in [-0.1, -0.05) is 0 Å². The fourth-order valence-corrected chi connectivity index (χ4v) is 3.84. The third kappa shape index (κ3) is 3.64. The molecule has 2 rings (SSSR count). The summed E-state index contributed by atoms with van der Waals surface area (Å²) in [6.07, 6.45) is 4.16. The Labute approximate surface area is 105 Å². The molecule has 0 radical (unpaired) electrons. The first-order valence-electron chi connectivity index (χ1n) is 6.81. The Morgan fingerprint density at radius 2 is 2.00 bits per heavy atom. The number of rotatable bonds is 4. The quantitative estimate of drug-likeness (QED) is 0.814. The zero-order chi connectivity index (χ0) is 11.4. The minimum absolute atomic E-state index is 0.732. The molecule has 1 unspecified atom stereocenters. The number of thioether (sulfide) groups is 1. The van der Waals surface area contributed by atoms with Gasteiger partial charge in [0, 0.05) is 18.6 Å². The van der Waals surface area contributed by atoms with Gasteiger partial charge in [-0.15, -0.1) is 0 Å². The first-order valence-corrected chi connectivity index (χ1v) is 7.96. The fourth-order valence-electron chi connectivity index (χ4n) is 2.73. The van der Waals surface area contributed by atoms with Crippen LogP contribution in [0.15, 0.2) is 0 Å². The highest BCUT2D eigenvalue weighted by molar-refractivity contribution is 7.99. The van der Waals surface area contributed by atoms with Gasteiger partial charge in [-0.3, -0.25) is 0 Å². The molecule has 2 nitrogen and oxygen atoms in total. The number of nitrogens with one attached hydrogen (secondary N) is 1. The van der Waals surface area contributed by atoms with Gasteiger partial charge in [-0.2, -0.15) is 11.8 Å². The van der Waals surface area contributed by atoms with E-state index in [2.05, 4.69) is 35.8 Å². The predicted molar refractivity (Wildman–Crippen MR) is 73.2 cm³/mol. The highest BCUT2D eigenvalue weighted by atomic mass is 32.2. The van der Waals surface area contributed by atoms with Crippen molar-refractivity contribution in [3.05, 3.63) is 0 Å². The molecule has 0 bridgehead atoms. The van der Waals surface area contributed by atoms with Crippen LogP contribution in [0.1, 0.15) is 33.1 Å². The maximum atomic E-state index is 3.78. The molecule has 2 aliphatic rings. The van der Waals surface area contributed by atoms with Crippen LogP contribution in [0.4, 0.5) is 0 Å². The third-order valence-corrected chi connectivity index (χ3v) is 5.01. The lowest BCUT2D eigenvalue weighted by molar-refractivity contribution is 0.262. The summed E-state index contributed by atoms with van der Waals surface area (Å²) in [5, 5.41) is 3.78. The van der Waals surface area contributed by atoms with Crippen LogP contribution in [-0.2, 0) is 0 Å². The van der Waals surface area contributed by atoms with Crippen LogP contribution in [0, 0.1) is 5.92 Å². The van der Waals surface area contributed by atoms with Gasteiger partial charge < -0.3 is 10.2 Å². The van der Waals surface area contributed by atoms with Crippen molar-refractivity contribution in [1.82, 2.24) is 10.2 Å². The Hall–Kier alpha value is 0.270. The fraction of sp³-hybridized carbons (Fsp3) is 1.00. The molecule has 2 aliphatic heterocycles. The minimum atomic E-state index is 0.732. The van der Waals surface area contributed by atoms with Gasteiger partial charge in [-0.25, -0.2) is 0 Å². The second kappa shape index (κ2) is 6.27. The molecule has 3 heteroatoms. The van der Waals surface area contributed by atoms with E-state index >= 15 is 0 Å². The second-order valence-electron chi connectivity index (χ2n) is 5.54. The predicted octanol–water partition coefficient (Wildman–Crippen LogP) is 2.20. The van der Waals surface area contributed by atoms with Gasteiger partial charge in [0.2, 0.25) is 0 Å². The molecule has 0 spiro atoms. The summed E-state index contributed by atoms with van der Waals surface area (Å²) in [7, 11) is 0. The molecule has 0 aromatic carbocycles. The van der Waals surface area contributed by atoms with E-state index in [-0.39, 0.29) is 0 Å². The largest absolute Gasteiger partial charge is 0.314 e. The lowest BCUT2D eigenvalue weighted by Crippen LogP contribution is -2.37. The zero-order valence-electron chi connectivity index (χ0n) is 10.7. The molecule has 0 saturated carbocycles. The van der Waals surface area contributed by atoms with Crippen molar-refractivity contribution in [3.63, 3.8) is 0 Å². The highest BCUT2D eigenvalue weighted by Crippen LogP contribution is 2.20. The van der Waals surface area contributed by atoms with Crippen molar-refractivity contribution < 1.29 is 0 Å². The molecule has 0 aliphatic carbocycles. The molecule has 0 amide bonds. The van der Waals surface area contributed by atoms with Gasteiger partial charge in [0.05, 0.1) is 0 Å². The van der Waals surface area contributed by atoms with E-state index in [0.717, 1.165) is 18.0 Å². The van der Waals surface area contributed by atoms with Crippen molar-refractivity contribution in [3.8, 4) is 0 Å². The van der Waals surface area contributed by atoms with Gasteiger partial charge in [-0.05, 0) is 63.6 Å². The SMILES string of the molecule is CC(C)N1CCC(CNC2CCSCC2)C1. The Kier molecular flexibility index (Phi) is 4.98. The summed E-state index contributed by atoms with van der Waals surface area (Å²) in [6.45, 7) is 8.50.